The third-order valence-corrected chi connectivity index (χ3v) is 7.35. The number of sulfonamides is 1. The van der Waals surface area contributed by atoms with E-state index in [1.807, 2.05) is 25.1 Å². The molecule has 0 saturated carbocycles. The number of hydrogen-bond acceptors (Lipinski definition) is 3. The molecule has 3 rings (SSSR count). The molecule has 1 unspecified atom stereocenters. The van der Waals surface area contributed by atoms with E-state index >= 15 is 0 Å². The van der Waals surface area contributed by atoms with Crippen molar-refractivity contribution in [2.45, 2.75) is 37.5 Å². The summed E-state index contributed by atoms with van der Waals surface area (Å²) in [4.78, 5) is 12.8. The molecule has 1 heterocycles. The molecule has 0 radical (unpaired) electrons. The van der Waals surface area contributed by atoms with Crippen molar-refractivity contribution in [3.63, 3.8) is 0 Å². The molecule has 1 N–H and O–H groups in total. The summed E-state index contributed by atoms with van der Waals surface area (Å²) in [6.07, 6.45) is 1.10. The highest BCUT2D eigenvalue weighted by Gasteiger charge is 2.32. The lowest BCUT2D eigenvalue weighted by atomic mass is 9.96. The largest absolute Gasteiger partial charge is 0.355 e. The molecule has 150 valence electrons. The van der Waals surface area contributed by atoms with E-state index in [0.29, 0.717) is 37.4 Å². The second-order valence-corrected chi connectivity index (χ2v) is 9.49. The van der Waals surface area contributed by atoms with Crippen LogP contribution in [-0.2, 0) is 14.8 Å². The molecule has 1 fully saturated rings. The van der Waals surface area contributed by atoms with Gasteiger partial charge >= 0.3 is 0 Å². The van der Waals surface area contributed by atoms with Gasteiger partial charge < -0.3 is 5.32 Å². The molecule has 5 nitrogen and oxygen atoms in total. The number of nitrogens with zero attached hydrogens (tertiary/aromatic N) is 1. The van der Waals surface area contributed by atoms with Crippen molar-refractivity contribution in [3.05, 3.63) is 65.7 Å². The molecule has 6 heteroatoms. The van der Waals surface area contributed by atoms with Crippen LogP contribution in [0.3, 0.4) is 0 Å². The predicted octanol–water partition coefficient (Wildman–Crippen LogP) is 3.32. The Morgan fingerprint density at radius 3 is 2.29 bits per heavy atom. The van der Waals surface area contributed by atoms with Gasteiger partial charge in [0.2, 0.25) is 15.9 Å². The fourth-order valence-electron chi connectivity index (χ4n) is 3.52. The molecule has 1 aliphatic heterocycles. The average molecular weight is 401 g/mol. The maximum absolute atomic E-state index is 12.8. The zero-order valence-corrected chi connectivity index (χ0v) is 17.3. The van der Waals surface area contributed by atoms with Gasteiger partial charge in [0, 0.05) is 25.6 Å². The topological polar surface area (TPSA) is 66.5 Å². The first-order valence-corrected chi connectivity index (χ1v) is 11.2. The normalized spacial score (nSPS) is 17.2. The number of carbonyl (C=O) groups is 1. The number of amides is 1. The highest BCUT2D eigenvalue weighted by Crippen LogP contribution is 2.24. The Morgan fingerprint density at radius 2 is 1.68 bits per heavy atom. The van der Waals surface area contributed by atoms with Crippen LogP contribution in [0.1, 0.15) is 36.8 Å². The number of nitrogens with one attached hydrogen (secondary N) is 1. The fraction of sp³-hybridized carbons (Fsp3) is 0.409. The maximum atomic E-state index is 12.8. The van der Waals surface area contributed by atoms with Gasteiger partial charge in [-0.15, -0.1) is 0 Å². The molecule has 1 saturated heterocycles. The van der Waals surface area contributed by atoms with Gasteiger partial charge in [0.05, 0.1) is 4.90 Å². The minimum absolute atomic E-state index is 0.0233. The molecule has 1 aliphatic rings. The molecule has 0 spiro atoms. The van der Waals surface area contributed by atoms with Crippen LogP contribution in [0.2, 0.25) is 0 Å². The number of carbonyl (C=O) groups excluding carboxylic acids is 1. The molecule has 28 heavy (non-hydrogen) atoms. The molecule has 0 aliphatic carbocycles. The second-order valence-electron chi connectivity index (χ2n) is 7.55. The number of rotatable bonds is 6. The zero-order chi connectivity index (χ0) is 20.1. The van der Waals surface area contributed by atoms with E-state index in [1.54, 1.807) is 24.3 Å². The quantitative estimate of drug-likeness (QED) is 0.809. The van der Waals surface area contributed by atoms with Crippen LogP contribution in [0.25, 0.3) is 0 Å². The van der Waals surface area contributed by atoms with E-state index in [9.17, 15) is 13.2 Å². The van der Waals surface area contributed by atoms with Crippen molar-refractivity contribution in [3.8, 4) is 0 Å². The SMILES string of the molecule is Cc1ccc(S(=O)(=O)N2CCC(C(=O)NCC(C)c3ccccc3)CC2)cc1. The summed E-state index contributed by atoms with van der Waals surface area (Å²) in [6, 6.07) is 17.0. The van der Waals surface area contributed by atoms with E-state index < -0.39 is 10.0 Å². The van der Waals surface area contributed by atoms with Gasteiger partial charge in [-0.1, -0.05) is 55.0 Å². The highest BCUT2D eigenvalue weighted by atomic mass is 32.2. The van der Waals surface area contributed by atoms with Crippen LogP contribution in [0.4, 0.5) is 0 Å². The van der Waals surface area contributed by atoms with Gasteiger partial charge in [-0.3, -0.25) is 4.79 Å². The summed E-state index contributed by atoms with van der Waals surface area (Å²) in [7, 11) is -3.49. The van der Waals surface area contributed by atoms with Crippen LogP contribution in [0, 0.1) is 12.8 Å². The molecule has 0 aromatic heterocycles. The lowest BCUT2D eigenvalue weighted by molar-refractivity contribution is -0.126. The smallest absolute Gasteiger partial charge is 0.243 e. The summed E-state index contributed by atoms with van der Waals surface area (Å²) >= 11 is 0. The van der Waals surface area contributed by atoms with Crippen molar-refractivity contribution in [1.82, 2.24) is 9.62 Å². The third-order valence-electron chi connectivity index (χ3n) is 5.43. The molecule has 2 aromatic rings. The van der Waals surface area contributed by atoms with E-state index in [-0.39, 0.29) is 17.7 Å². The van der Waals surface area contributed by atoms with Crippen molar-refractivity contribution in [1.29, 1.82) is 0 Å². The lowest BCUT2D eigenvalue weighted by Gasteiger charge is -2.30. The van der Waals surface area contributed by atoms with E-state index in [0.717, 1.165) is 5.56 Å². The first-order valence-electron chi connectivity index (χ1n) is 9.77. The van der Waals surface area contributed by atoms with Gasteiger partial charge in [-0.25, -0.2) is 8.42 Å². The third kappa shape index (κ3) is 4.80. The molecular formula is C22H28N2O3S. The van der Waals surface area contributed by atoms with Crippen molar-refractivity contribution in [2.24, 2.45) is 5.92 Å². The van der Waals surface area contributed by atoms with E-state index in [1.165, 1.54) is 9.87 Å². The molecule has 2 aromatic carbocycles. The summed E-state index contributed by atoms with van der Waals surface area (Å²) in [6.45, 7) is 5.36. The van der Waals surface area contributed by atoms with Crippen LogP contribution in [0.5, 0.6) is 0 Å². The number of piperidine rings is 1. The summed E-state index contributed by atoms with van der Waals surface area (Å²) < 4.78 is 27.0. The van der Waals surface area contributed by atoms with Crippen molar-refractivity contribution < 1.29 is 13.2 Å². The van der Waals surface area contributed by atoms with E-state index in [4.69, 9.17) is 0 Å². The highest BCUT2D eigenvalue weighted by molar-refractivity contribution is 7.89. The van der Waals surface area contributed by atoms with Crippen LogP contribution >= 0.6 is 0 Å². The first kappa shape index (κ1) is 20.6. The van der Waals surface area contributed by atoms with E-state index in [2.05, 4.69) is 24.4 Å². The Bertz CT molecular complexity index is 887. The minimum atomic E-state index is -3.49. The lowest BCUT2D eigenvalue weighted by Crippen LogP contribution is -2.43. The van der Waals surface area contributed by atoms with Crippen molar-refractivity contribution in [2.75, 3.05) is 19.6 Å². The summed E-state index contributed by atoms with van der Waals surface area (Å²) in [5.41, 5.74) is 2.22. The first-order chi connectivity index (χ1) is 13.4. The second kappa shape index (κ2) is 8.88. The van der Waals surface area contributed by atoms with Crippen LogP contribution < -0.4 is 5.32 Å². The molecule has 0 bridgehead atoms. The number of benzene rings is 2. The Balaban J connectivity index is 1.52. The zero-order valence-electron chi connectivity index (χ0n) is 16.5. The van der Waals surface area contributed by atoms with Gasteiger partial charge in [-0.2, -0.15) is 4.31 Å². The monoisotopic (exact) mass is 400 g/mol. The van der Waals surface area contributed by atoms with Crippen molar-refractivity contribution >= 4 is 15.9 Å². The molecular weight excluding hydrogens is 372 g/mol. The standard InChI is InChI=1S/C22H28N2O3S/c1-17-8-10-21(11-9-17)28(26,27)24-14-12-20(13-15-24)22(25)23-16-18(2)19-6-4-3-5-7-19/h3-11,18,20H,12-16H2,1-2H3,(H,23,25). The Labute approximate surface area is 167 Å². The van der Waals surface area contributed by atoms with Crippen LogP contribution in [0.15, 0.2) is 59.5 Å². The Kier molecular flexibility index (Phi) is 6.52. The summed E-state index contributed by atoms with van der Waals surface area (Å²) in [5.74, 6) is 0.134. The molecule has 1 amide bonds. The minimum Gasteiger partial charge on any atom is -0.355 e. The predicted molar refractivity (Wildman–Crippen MR) is 111 cm³/mol. The fourth-order valence-corrected chi connectivity index (χ4v) is 4.98. The Hall–Kier alpha value is -2.18. The van der Waals surface area contributed by atoms with Gasteiger partial charge in [0.1, 0.15) is 0 Å². The maximum Gasteiger partial charge on any atom is 0.243 e. The summed E-state index contributed by atoms with van der Waals surface area (Å²) in [5, 5.41) is 3.04. The van der Waals surface area contributed by atoms with Gasteiger partial charge in [-0.05, 0) is 43.4 Å². The van der Waals surface area contributed by atoms with Gasteiger partial charge in [0.25, 0.3) is 0 Å². The van der Waals surface area contributed by atoms with Crippen LogP contribution in [-0.4, -0.2) is 38.3 Å². The number of aryl methyl sites for hydroxylation is 1. The van der Waals surface area contributed by atoms with Gasteiger partial charge in [0.15, 0.2) is 0 Å². The molecule has 1 atom stereocenters. The Morgan fingerprint density at radius 1 is 1.07 bits per heavy atom. The average Bonchev–Trinajstić information content (AvgIpc) is 2.73. The number of hydrogen-bond donors (Lipinski definition) is 1.